The molecule has 0 bridgehead atoms. The highest BCUT2D eigenvalue weighted by atomic mass is 16.8. The molecule has 5 fully saturated rings. The summed E-state index contributed by atoms with van der Waals surface area (Å²) in [5.41, 5.74) is 15.3. The lowest BCUT2D eigenvalue weighted by molar-refractivity contribution is -0.207. The van der Waals surface area contributed by atoms with Crippen LogP contribution < -0.4 is 17.2 Å². The third kappa shape index (κ3) is 12.7. The SMILES string of the molecule is CC(C)C(=O)OC(=O)C(C)C.CC(C)C(=O)OC[C@H]1O[C@@](C#N)(c2ccc3c(N)ncnn23)[C@@H]2OC(C)(C)O[C@@H]21.CC(C)C(=O)OC[C@H]1O[C@@](C#N)(c2ccc3c(N)ncnn23)[C@H](O)[C@@H]1O.CC1(C)O[C@H]2[C@@H](O1)[C@](C#N)(c1ccc3c(N)ncnn13)O[C@@H]2CO. The largest absolute Gasteiger partial charge is 0.463 e. The van der Waals surface area contributed by atoms with Gasteiger partial charge in [-0.2, -0.15) is 31.1 Å². The van der Waals surface area contributed by atoms with Gasteiger partial charge >= 0.3 is 23.9 Å². The molecule has 6 aromatic rings. The number of aliphatic hydroxyl groups is 3. The summed E-state index contributed by atoms with van der Waals surface area (Å²) in [4.78, 5) is 57.0. The van der Waals surface area contributed by atoms with Crippen molar-refractivity contribution in [3.05, 3.63) is 72.5 Å². The summed E-state index contributed by atoms with van der Waals surface area (Å²) in [6, 6.07) is 16.3. The van der Waals surface area contributed by atoms with Crippen LogP contribution in [0.15, 0.2) is 55.4 Å². The van der Waals surface area contributed by atoms with Crippen molar-refractivity contribution in [2.45, 2.75) is 166 Å². The summed E-state index contributed by atoms with van der Waals surface area (Å²) < 4.78 is 60.9. The third-order valence-corrected chi connectivity index (χ3v) is 15.1. The van der Waals surface area contributed by atoms with Crippen molar-refractivity contribution in [2.75, 3.05) is 37.0 Å². The first-order valence-electron chi connectivity index (χ1n) is 28.7. The Labute approximate surface area is 515 Å². The number of hydrogen-bond donors (Lipinski definition) is 6. The lowest BCUT2D eigenvalue weighted by Gasteiger charge is -2.29. The summed E-state index contributed by atoms with van der Waals surface area (Å²) in [7, 11) is 0. The number of aliphatic hydroxyl groups excluding tert-OH is 3. The minimum atomic E-state index is -1.90. The number of aromatic nitrogens is 9. The van der Waals surface area contributed by atoms with Gasteiger partial charge in [0.1, 0.15) is 122 Å². The molecule has 0 aliphatic carbocycles. The van der Waals surface area contributed by atoms with Crippen LogP contribution in [0.25, 0.3) is 16.6 Å². The number of ether oxygens (including phenoxy) is 10. The van der Waals surface area contributed by atoms with Crippen LogP contribution in [0, 0.1) is 57.7 Å². The van der Waals surface area contributed by atoms with Crippen LogP contribution in [0.1, 0.15) is 100 Å². The van der Waals surface area contributed by atoms with E-state index in [4.69, 9.17) is 59.8 Å². The second kappa shape index (κ2) is 26.1. The van der Waals surface area contributed by atoms with Crippen LogP contribution in [0.2, 0.25) is 0 Å². The molecule has 0 aromatic carbocycles. The Kier molecular flexibility index (Phi) is 19.5. The van der Waals surface area contributed by atoms with Crippen molar-refractivity contribution in [2.24, 2.45) is 23.7 Å². The van der Waals surface area contributed by atoms with Gasteiger partial charge in [0, 0.05) is 0 Å². The van der Waals surface area contributed by atoms with E-state index < -0.39 is 101 Å². The summed E-state index contributed by atoms with van der Waals surface area (Å²) in [5, 5.41) is 72.9. The summed E-state index contributed by atoms with van der Waals surface area (Å²) in [5.74, 6) is -3.89. The molecule has 0 saturated carbocycles. The molecule has 0 radical (unpaired) electrons. The van der Waals surface area contributed by atoms with Gasteiger partial charge in [0.15, 0.2) is 29.0 Å². The van der Waals surface area contributed by atoms with E-state index in [0.29, 0.717) is 33.8 Å². The number of esters is 4. The van der Waals surface area contributed by atoms with Crippen LogP contribution in [-0.2, 0) is 83.3 Å². The lowest BCUT2D eigenvalue weighted by atomic mass is 9.92. The smallest absolute Gasteiger partial charge is 0.316 e. The van der Waals surface area contributed by atoms with E-state index in [1.807, 2.05) is 6.07 Å². The summed E-state index contributed by atoms with van der Waals surface area (Å²) in [6.07, 6.45) is -4.25. The van der Waals surface area contributed by atoms with Gasteiger partial charge in [0.25, 0.3) is 0 Å². The molecule has 12 atom stereocenters. The molecule has 11 rings (SSSR count). The minimum absolute atomic E-state index is 0.0541. The number of carbonyl (C=O) groups excluding carboxylic acids is 4. The quantitative estimate of drug-likeness (QED) is 0.0578. The minimum Gasteiger partial charge on any atom is -0.463 e. The van der Waals surface area contributed by atoms with Crippen molar-refractivity contribution in [1.29, 1.82) is 15.8 Å². The topological polar surface area (TPSA) is 461 Å². The number of nitrogens with zero attached hydrogens (tertiary/aromatic N) is 12. The zero-order valence-electron chi connectivity index (χ0n) is 51.5. The van der Waals surface area contributed by atoms with E-state index in [-0.39, 0.29) is 66.8 Å². The van der Waals surface area contributed by atoms with Crippen molar-refractivity contribution >= 4 is 57.9 Å². The fourth-order valence-electron chi connectivity index (χ4n) is 10.5. The number of nitriles is 3. The molecule has 32 nitrogen and oxygen atoms in total. The molecule has 0 spiro atoms. The number of fused-ring (bicyclic) bond motifs is 5. The zero-order valence-corrected chi connectivity index (χ0v) is 51.5. The summed E-state index contributed by atoms with van der Waals surface area (Å²) in [6.45, 7) is 20.0. The molecule has 11 heterocycles. The molecule has 9 N–H and O–H groups in total. The Bertz CT molecular complexity index is 3750. The van der Waals surface area contributed by atoms with Crippen molar-refractivity contribution < 1.29 is 81.9 Å². The van der Waals surface area contributed by atoms with E-state index in [9.17, 15) is 50.3 Å². The normalized spacial score (nSPS) is 28.4. The maximum absolute atomic E-state index is 11.9. The number of hydrogen-bond acceptors (Lipinski definition) is 29. The molecule has 32 heteroatoms. The average Bonchev–Trinajstić information content (AvgIpc) is 1.74. The lowest BCUT2D eigenvalue weighted by Crippen LogP contribution is -2.41. The Morgan fingerprint density at radius 2 is 0.856 bits per heavy atom. The van der Waals surface area contributed by atoms with Gasteiger partial charge in [0.2, 0.25) is 16.8 Å². The first-order valence-corrected chi connectivity index (χ1v) is 28.7. The molecular weight excluding hydrogens is 1180 g/mol. The van der Waals surface area contributed by atoms with Crippen LogP contribution in [-0.4, -0.2) is 169 Å². The predicted molar refractivity (Wildman–Crippen MR) is 308 cm³/mol. The third-order valence-electron chi connectivity index (χ3n) is 15.1. The van der Waals surface area contributed by atoms with Crippen molar-refractivity contribution in [1.82, 2.24) is 43.8 Å². The van der Waals surface area contributed by atoms with Crippen LogP contribution >= 0.6 is 0 Å². The monoisotopic (exact) mass is 1250 g/mol. The molecule has 90 heavy (non-hydrogen) atoms. The number of anilines is 3. The molecule has 5 saturated heterocycles. The fraction of sp³-hybridized carbons (Fsp3) is 0.569. The zero-order chi connectivity index (χ0) is 66.2. The van der Waals surface area contributed by atoms with E-state index >= 15 is 0 Å². The van der Waals surface area contributed by atoms with Gasteiger partial charge in [-0.15, -0.1) is 0 Å². The number of carbonyl (C=O) groups is 4. The van der Waals surface area contributed by atoms with Crippen LogP contribution in [0.4, 0.5) is 17.5 Å². The van der Waals surface area contributed by atoms with Crippen molar-refractivity contribution in [3.8, 4) is 18.2 Å². The van der Waals surface area contributed by atoms with Gasteiger partial charge in [0.05, 0.1) is 47.4 Å². The Balaban J connectivity index is 0.000000161. The maximum atomic E-state index is 11.9. The molecule has 0 unspecified atom stereocenters. The number of rotatable bonds is 12. The van der Waals surface area contributed by atoms with Gasteiger partial charge < -0.3 is 79.9 Å². The Hall–Kier alpha value is -8.59. The van der Waals surface area contributed by atoms with E-state index in [0.717, 1.165) is 0 Å². The molecular formula is C58H73N15O17. The molecule has 5 aliphatic heterocycles. The number of nitrogens with two attached hydrogens (primary N) is 3. The van der Waals surface area contributed by atoms with E-state index in [1.165, 1.54) is 38.6 Å². The fourth-order valence-corrected chi connectivity index (χ4v) is 10.5. The highest BCUT2D eigenvalue weighted by molar-refractivity contribution is 5.87. The van der Waals surface area contributed by atoms with Crippen molar-refractivity contribution in [3.63, 3.8) is 0 Å². The van der Waals surface area contributed by atoms with E-state index in [1.54, 1.807) is 113 Å². The maximum Gasteiger partial charge on any atom is 0.316 e. The first kappa shape index (κ1) is 67.3. The second-order valence-electron chi connectivity index (χ2n) is 23.8. The predicted octanol–water partition coefficient (Wildman–Crippen LogP) is 1.81. The Morgan fingerprint density at radius 3 is 1.21 bits per heavy atom. The van der Waals surface area contributed by atoms with Crippen LogP contribution in [0.3, 0.4) is 0 Å². The number of nitrogen functional groups attached to an aromatic ring is 3. The molecule has 6 aromatic heterocycles. The van der Waals surface area contributed by atoms with Crippen LogP contribution in [0.5, 0.6) is 0 Å². The molecule has 5 aliphatic rings. The standard InChI is InChI=1S/C19H23N5O5.C16H19N5O5.C15H17N5O4.C8H14O3/c1-10(2)17(25)26-7-12-14-15(29-18(3,4)28-14)19(8-20,27-12)13-6-5-11-16(21)22-9-23-24(11)13;1-8(2)15(24)25-5-10-12(22)13(23)16(6-17,26-10)11-4-3-9-14(18)19-7-20-21(9)11;1-14(2)23-11-9(5-21)22-15(6-16,12(11)24-14)10-4-3-8-13(17)18-7-19-20(8)10;1-5(2)7(9)11-8(10)6(3)4/h5-6,9-10,12,14-15H,7H2,1-4H3,(H2,21,22,23);3-4,7-8,10,12-13,22-23H,5H2,1-2H3,(H2,18,19,20);3-4,7,9,11-12,21H,5H2,1-2H3,(H2,17,18,19);5-6H,1-4H3/t12-,14-,15-,19+;10-,12-,13-,16+;9-,11-,12-,15+;/m111./s1. The van der Waals surface area contributed by atoms with Gasteiger partial charge in [-0.25, -0.2) is 28.5 Å². The van der Waals surface area contributed by atoms with Gasteiger partial charge in [-0.05, 0) is 64.1 Å². The summed E-state index contributed by atoms with van der Waals surface area (Å²) >= 11 is 0. The van der Waals surface area contributed by atoms with E-state index in [2.05, 4.69) is 47.1 Å². The highest BCUT2D eigenvalue weighted by Crippen LogP contribution is 2.51. The molecule has 482 valence electrons. The second-order valence-corrected chi connectivity index (χ2v) is 23.8. The molecule has 0 amide bonds. The first-order chi connectivity index (χ1) is 42.4. The van der Waals surface area contributed by atoms with Gasteiger partial charge in [-0.3, -0.25) is 19.2 Å². The highest BCUT2D eigenvalue weighted by Gasteiger charge is 2.67. The van der Waals surface area contributed by atoms with Gasteiger partial charge in [-0.1, -0.05) is 55.4 Å². The average molecular weight is 1250 g/mol. The Morgan fingerprint density at radius 1 is 0.522 bits per heavy atom.